The van der Waals surface area contributed by atoms with Crippen LogP contribution >= 0.6 is 0 Å². The largest absolute Gasteiger partial charge is 0.337 e. The van der Waals surface area contributed by atoms with E-state index < -0.39 is 0 Å². The van der Waals surface area contributed by atoms with E-state index in [0.29, 0.717) is 31.3 Å². The standard InChI is InChI=1S/C19H22N6O2/c1-3-24(19(26)15-7-8-16-20-12-21-25(16)10-15)11-17-22-18(23-27-17)14-6-4-5-13(2)9-14/h4-6,9,12,15H,3,7-8,10-11H2,1-2H3. The van der Waals surface area contributed by atoms with Crippen LogP contribution in [0.25, 0.3) is 11.4 Å². The fourth-order valence-electron chi connectivity index (χ4n) is 3.43. The van der Waals surface area contributed by atoms with Gasteiger partial charge >= 0.3 is 0 Å². The molecule has 0 spiro atoms. The van der Waals surface area contributed by atoms with E-state index in [2.05, 4.69) is 20.2 Å². The van der Waals surface area contributed by atoms with Gasteiger partial charge in [-0.1, -0.05) is 28.9 Å². The third-order valence-corrected chi connectivity index (χ3v) is 4.92. The minimum absolute atomic E-state index is 0.0916. The second-order valence-corrected chi connectivity index (χ2v) is 6.83. The van der Waals surface area contributed by atoms with Crippen LogP contribution in [0.2, 0.25) is 0 Å². The number of aromatic nitrogens is 5. The summed E-state index contributed by atoms with van der Waals surface area (Å²) in [6.07, 6.45) is 3.10. The predicted octanol–water partition coefficient (Wildman–Crippen LogP) is 2.25. The Labute approximate surface area is 157 Å². The molecule has 2 aromatic heterocycles. The van der Waals surface area contributed by atoms with Crippen LogP contribution in [0.3, 0.4) is 0 Å². The number of carbonyl (C=O) groups is 1. The fraction of sp³-hybridized carbons (Fsp3) is 0.421. The number of benzene rings is 1. The van der Waals surface area contributed by atoms with Crippen molar-refractivity contribution >= 4 is 5.91 Å². The second-order valence-electron chi connectivity index (χ2n) is 6.83. The van der Waals surface area contributed by atoms with E-state index in [9.17, 15) is 4.79 Å². The first-order valence-electron chi connectivity index (χ1n) is 9.19. The van der Waals surface area contributed by atoms with Crippen LogP contribution in [0.4, 0.5) is 0 Å². The van der Waals surface area contributed by atoms with E-state index in [4.69, 9.17) is 4.52 Å². The summed E-state index contributed by atoms with van der Waals surface area (Å²) in [4.78, 5) is 23.4. The van der Waals surface area contributed by atoms with E-state index in [1.165, 1.54) is 0 Å². The maximum Gasteiger partial charge on any atom is 0.246 e. The highest BCUT2D eigenvalue weighted by Gasteiger charge is 2.29. The number of hydrogen-bond acceptors (Lipinski definition) is 6. The summed E-state index contributed by atoms with van der Waals surface area (Å²) in [7, 11) is 0. The molecular formula is C19H22N6O2. The molecule has 0 radical (unpaired) electrons. The Kier molecular flexibility index (Phi) is 4.70. The fourth-order valence-corrected chi connectivity index (χ4v) is 3.43. The van der Waals surface area contributed by atoms with E-state index in [-0.39, 0.29) is 11.8 Å². The number of carbonyl (C=O) groups excluding carboxylic acids is 1. The Morgan fingerprint density at radius 2 is 2.30 bits per heavy atom. The maximum atomic E-state index is 13.0. The van der Waals surface area contributed by atoms with Crippen molar-refractivity contribution in [1.29, 1.82) is 0 Å². The highest BCUT2D eigenvalue weighted by molar-refractivity contribution is 5.78. The molecule has 140 valence electrons. The Bertz CT molecular complexity index is 947. The van der Waals surface area contributed by atoms with E-state index >= 15 is 0 Å². The number of fused-ring (bicyclic) bond motifs is 1. The monoisotopic (exact) mass is 366 g/mol. The van der Waals surface area contributed by atoms with Crippen LogP contribution in [0.5, 0.6) is 0 Å². The van der Waals surface area contributed by atoms with Gasteiger partial charge in [-0.2, -0.15) is 10.1 Å². The van der Waals surface area contributed by atoms with Gasteiger partial charge in [-0.3, -0.25) is 4.79 Å². The van der Waals surface area contributed by atoms with Gasteiger partial charge in [-0.15, -0.1) is 0 Å². The van der Waals surface area contributed by atoms with Gasteiger partial charge in [0.2, 0.25) is 17.6 Å². The van der Waals surface area contributed by atoms with Crippen molar-refractivity contribution in [1.82, 2.24) is 29.8 Å². The first-order valence-corrected chi connectivity index (χ1v) is 9.19. The smallest absolute Gasteiger partial charge is 0.246 e. The van der Waals surface area contributed by atoms with Gasteiger partial charge in [-0.05, 0) is 26.3 Å². The van der Waals surface area contributed by atoms with Crippen molar-refractivity contribution in [2.45, 2.75) is 39.8 Å². The van der Waals surface area contributed by atoms with Crippen LogP contribution in [0.15, 0.2) is 35.1 Å². The van der Waals surface area contributed by atoms with Gasteiger partial charge in [0, 0.05) is 18.5 Å². The molecule has 8 nitrogen and oxygen atoms in total. The van der Waals surface area contributed by atoms with Crippen LogP contribution in [0.1, 0.15) is 30.6 Å². The van der Waals surface area contributed by atoms with Gasteiger partial charge in [0.15, 0.2) is 0 Å². The van der Waals surface area contributed by atoms with Gasteiger partial charge < -0.3 is 9.42 Å². The molecule has 1 unspecified atom stereocenters. The van der Waals surface area contributed by atoms with Crippen LogP contribution in [-0.2, 0) is 24.3 Å². The molecule has 1 aromatic carbocycles. The third-order valence-electron chi connectivity index (χ3n) is 4.92. The first kappa shape index (κ1) is 17.4. The molecular weight excluding hydrogens is 344 g/mol. The molecule has 8 heteroatoms. The highest BCUT2D eigenvalue weighted by atomic mass is 16.5. The lowest BCUT2D eigenvalue weighted by atomic mass is 9.98. The van der Waals surface area contributed by atoms with E-state index in [1.807, 2.05) is 42.8 Å². The molecule has 1 aliphatic heterocycles. The maximum absolute atomic E-state index is 13.0. The summed E-state index contributed by atoms with van der Waals surface area (Å²) in [5.74, 6) is 1.93. The summed E-state index contributed by atoms with van der Waals surface area (Å²) in [5, 5.41) is 8.26. The minimum Gasteiger partial charge on any atom is -0.337 e. The summed E-state index contributed by atoms with van der Waals surface area (Å²) >= 11 is 0. The predicted molar refractivity (Wildman–Crippen MR) is 97.4 cm³/mol. The normalized spacial score (nSPS) is 16.1. The lowest BCUT2D eigenvalue weighted by molar-refractivity contribution is -0.137. The van der Waals surface area contributed by atoms with Crippen LogP contribution < -0.4 is 0 Å². The molecule has 1 aliphatic rings. The topological polar surface area (TPSA) is 89.9 Å². The molecule has 0 saturated heterocycles. The molecule has 0 N–H and O–H groups in total. The van der Waals surface area contributed by atoms with Gasteiger partial charge in [0.05, 0.1) is 19.0 Å². The quantitative estimate of drug-likeness (QED) is 0.688. The summed E-state index contributed by atoms with van der Waals surface area (Å²) in [6.45, 7) is 5.45. The van der Waals surface area contributed by atoms with E-state index in [1.54, 1.807) is 11.2 Å². The molecule has 0 saturated carbocycles. The number of rotatable bonds is 5. The van der Waals surface area contributed by atoms with Gasteiger partial charge in [0.1, 0.15) is 12.2 Å². The number of nitrogens with zero attached hydrogens (tertiary/aromatic N) is 6. The van der Waals surface area contributed by atoms with Crippen LogP contribution in [-0.4, -0.2) is 42.3 Å². The molecule has 3 aromatic rings. The molecule has 27 heavy (non-hydrogen) atoms. The van der Waals surface area contributed by atoms with Crippen molar-refractivity contribution in [2.24, 2.45) is 5.92 Å². The SMILES string of the molecule is CCN(Cc1nc(-c2cccc(C)c2)no1)C(=O)C1CCc2ncnn2C1. The Balaban J connectivity index is 1.45. The number of hydrogen-bond donors (Lipinski definition) is 0. The molecule has 1 amide bonds. The zero-order valence-electron chi connectivity index (χ0n) is 15.5. The summed E-state index contributed by atoms with van der Waals surface area (Å²) in [6, 6.07) is 7.94. The van der Waals surface area contributed by atoms with Crippen molar-refractivity contribution in [2.75, 3.05) is 6.54 Å². The molecule has 0 bridgehead atoms. The van der Waals surface area contributed by atoms with Crippen LogP contribution in [0, 0.1) is 12.8 Å². The molecule has 3 heterocycles. The summed E-state index contributed by atoms with van der Waals surface area (Å²) in [5.41, 5.74) is 2.04. The average Bonchev–Trinajstić information content (AvgIpc) is 3.34. The zero-order valence-corrected chi connectivity index (χ0v) is 15.5. The first-order chi connectivity index (χ1) is 13.1. The van der Waals surface area contributed by atoms with Crippen molar-refractivity contribution in [3.63, 3.8) is 0 Å². The Hall–Kier alpha value is -3.03. The average molecular weight is 366 g/mol. The number of aryl methyl sites for hydroxylation is 2. The van der Waals surface area contributed by atoms with E-state index in [0.717, 1.165) is 29.8 Å². The lowest BCUT2D eigenvalue weighted by Crippen LogP contribution is -2.39. The minimum atomic E-state index is -0.0988. The Morgan fingerprint density at radius 3 is 3.11 bits per heavy atom. The van der Waals surface area contributed by atoms with Crippen molar-refractivity contribution in [3.8, 4) is 11.4 Å². The van der Waals surface area contributed by atoms with Crippen molar-refractivity contribution < 1.29 is 9.32 Å². The third kappa shape index (κ3) is 3.60. The van der Waals surface area contributed by atoms with Gasteiger partial charge in [0.25, 0.3) is 0 Å². The second kappa shape index (κ2) is 7.30. The molecule has 4 rings (SSSR count). The highest BCUT2D eigenvalue weighted by Crippen LogP contribution is 2.22. The zero-order chi connectivity index (χ0) is 18.8. The van der Waals surface area contributed by atoms with Gasteiger partial charge in [-0.25, -0.2) is 9.67 Å². The lowest BCUT2D eigenvalue weighted by Gasteiger charge is -2.27. The molecule has 1 atom stereocenters. The summed E-state index contributed by atoms with van der Waals surface area (Å²) < 4.78 is 7.21. The molecule has 0 aliphatic carbocycles. The number of amides is 1. The van der Waals surface area contributed by atoms with Crippen molar-refractivity contribution in [3.05, 3.63) is 47.9 Å². The molecule has 0 fully saturated rings. The Morgan fingerprint density at radius 1 is 1.41 bits per heavy atom.